The molecule has 43 heavy (non-hydrogen) atoms. The Morgan fingerprint density at radius 1 is 1.05 bits per heavy atom. The maximum absolute atomic E-state index is 13.6. The average Bonchev–Trinajstić information content (AvgIpc) is 3.63. The van der Waals surface area contributed by atoms with Crippen LogP contribution in [0.2, 0.25) is 0 Å². The van der Waals surface area contributed by atoms with Crippen molar-refractivity contribution in [2.75, 3.05) is 6.61 Å². The molecule has 4 atom stereocenters. The summed E-state index contributed by atoms with van der Waals surface area (Å²) in [7, 11) is 0. The predicted octanol–water partition coefficient (Wildman–Crippen LogP) is 5.81. The molecule has 8 heteroatoms. The summed E-state index contributed by atoms with van der Waals surface area (Å²) in [5, 5.41) is 36.1. The van der Waals surface area contributed by atoms with E-state index in [-0.39, 0.29) is 30.7 Å². The zero-order chi connectivity index (χ0) is 30.1. The second kappa shape index (κ2) is 12.2. The fraction of sp³-hybridized carbons (Fsp3) is 0.286. The molecule has 1 aliphatic carbocycles. The van der Waals surface area contributed by atoms with Gasteiger partial charge in [-0.1, -0.05) is 48.0 Å². The van der Waals surface area contributed by atoms with Crippen LogP contribution >= 0.6 is 11.3 Å². The minimum Gasteiger partial charge on any atom is -0.507 e. The first-order valence-electron chi connectivity index (χ1n) is 14.6. The number of aromatic nitrogens is 1. The molecule has 3 N–H and O–H groups in total. The zero-order valence-corrected chi connectivity index (χ0v) is 24.7. The maximum atomic E-state index is 13.6. The van der Waals surface area contributed by atoms with E-state index >= 15 is 0 Å². The van der Waals surface area contributed by atoms with Gasteiger partial charge in [-0.05, 0) is 84.0 Å². The summed E-state index contributed by atoms with van der Waals surface area (Å²) < 4.78 is 0. The minimum atomic E-state index is -0.906. The molecule has 0 bridgehead atoms. The minimum absolute atomic E-state index is 0.198. The molecule has 1 fully saturated rings. The topological polar surface area (TPSA) is 111 Å². The molecule has 2 aromatic carbocycles. The number of thiophene rings is 1. The number of imide groups is 1. The number of carbonyl (C=O) groups is 2. The SMILES string of the molecule is CC1=C([C@H](O)CC/C(=C/c2ccc(O)c3ccccc23)c2ccccn2)[C@H](CO)[C@@H]2C(=O)N(Cc3cccs3)C(=O)[C@@H]2C1. The number of nitrogens with zero attached hydrogens (tertiary/aromatic N) is 2. The fourth-order valence-electron chi connectivity index (χ4n) is 6.79. The number of carbonyl (C=O) groups excluding carboxylic acids is 2. The molecule has 0 saturated carbocycles. The lowest BCUT2D eigenvalue weighted by atomic mass is 9.68. The third kappa shape index (κ3) is 5.54. The number of hydrogen-bond acceptors (Lipinski definition) is 7. The van der Waals surface area contributed by atoms with E-state index in [0.717, 1.165) is 38.1 Å². The quantitative estimate of drug-likeness (QED) is 0.167. The third-order valence-corrected chi connectivity index (χ3v) is 9.68. The number of fused-ring (bicyclic) bond motifs is 2. The van der Waals surface area contributed by atoms with Gasteiger partial charge in [0.25, 0.3) is 0 Å². The van der Waals surface area contributed by atoms with Crippen LogP contribution in [0.15, 0.2) is 89.5 Å². The van der Waals surface area contributed by atoms with Crippen LogP contribution in [0.5, 0.6) is 5.75 Å². The van der Waals surface area contributed by atoms with Crippen molar-refractivity contribution in [2.24, 2.45) is 17.8 Å². The van der Waals surface area contributed by atoms with Crippen LogP contribution in [-0.2, 0) is 16.1 Å². The molecule has 2 aromatic heterocycles. The molecule has 4 aromatic rings. The van der Waals surface area contributed by atoms with Gasteiger partial charge in [0.15, 0.2) is 0 Å². The number of phenolic OH excluding ortho intramolecular Hbond substituents is 1. The number of aromatic hydroxyl groups is 1. The second-order valence-electron chi connectivity index (χ2n) is 11.4. The van der Waals surface area contributed by atoms with E-state index in [1.165, 1.54) is 16.2 Å². The number of benzene rings is 2. The summed E-state index contributed by atoms with van der Waals surface area (Å²) in [6.45, 7) is 1.82. The van der Waals surface area contributed by atoms with Crippen LogP contribution in [-0.4, -0.2) is 49.7 Å². The van der Waals surface area contributed by atoms with Crippen LogP contribution in [0.3, 0.4) is 0 Å². The van der Waals surface area contributed by atoms with Crippen molar-refractivity contribution in [1.29, 1.82) is 0 Å². The first-order chi connectivity index (χ1) is 20.9. The Balaban J connectivity index is 1.27. The van der Waals surface area contributed by atoms with Crippen molar-refractivity contribution in [3.05, 3.63) is 106 Å². The van der Waals surface area contributed by atoms with E-state index in [4.69, 9.17) is 0 Å². The molecule has 1 saturated heterocycles. The summed E-state index contributed by atoms with van der Waals surface area (Å²) in [6.07, 6.45) is 4.08. The normalized spacial score (nSPS) is 21.5. The Morgan fingerprint density at radius 3 is 2.56 bits per heavy atom. The van der Waals surface area contributed by atoms with Gasteiger partial charge in [-0.3, -0.25) is 19.5 Å². The average molecular weight is 595 g/mol. The van der Waals surface area contributed by atoms with Gasteiger partial charge >= 0.3 is 0 Å². The Kier molecular flexibility index (Phi) is 8.25. The number of aliphatic hydroxyl groups excluding tert-OH is 2. The van der Waals surface area contributed by atoms with E-state index in [9.17, 15) is 24.9 Å². The number of amides is 2. The highest BCUT2D eigenvalue weighted by atomic mass is 32.1. The smallest absolute Gasteiger partial charge is 0.234 e. The Hall–Kier alpha value is -4.11. The van der Waals surface area contributed by atoms with Gasteiger partial charge in [0.1, 0.15) is 5.75 Å². The predicted molar refractivity (Wildman–Crippen MR) is 168 cm³/mol. The van der Waals surface area contributed by atoms with Crippen LogP contribution in [0, 0.1) is 17.8 Å². The number of likely N-dealkylation sites (tertiary alicyclic amines) is 1. The van der Waals surface area contributed by atoms with Gasteiger partial charge in [0.05, 0.1) is 36.8 Å². The van der Waals surface area contributed by atoms with E-state index in [1.807, 2.05) is 79.0 Å². The van der Waals surface area contributed by atoms with Crippen LogP contribution < -0.4 is 0 Å². The van der Waals surface area contributed by atoms with E-state index in [0.29, 0.717) is 24.8 Å². The zero-order valence-electron chi connectivity index (χ0n) is 23.9. The van der Waals surface area contributed by atoms with Gasteiger partial charge in [0, 0.05) is 22.4 Å². The molecule has 1 aliphatic heterocycles. The number of allylic oxidation sites excluding steroid dienone is 2. The number of phenols is 1. The molecule has 6 rings (SSSR count). The summed E-state index contributed by atoms with van der Waals surface area (Å²) in [5.41, 5.74) is 4.14. The first-order valence-corrected chi connectivity index (χ1v) is 15.4. The summed E-state index contributed by atoms with van der Waals surface area (Å²) in [5.74, 6) is -2.08. The molecule has 3 heterocycles. The van der Waals surface area contributed by atoms with Crippen molar-refractivity contribution in [3.8, 4) is 5.75 Å². The first kappa shape index (κ1) is 29.0. The van der Waals surface area contributed by atoms with Crippen molar-refractivity contribution in [2.45, 2.75) is 38.8 Å². The Morgan fingerprint density at radius 2 is 1.84 bits per heavy atom. The molecule has 2 aliphatic rings. The highest BCUT2D eigenvalue weighted by molar-refractivity contribution is 7.09. The molecule has 220 valence electrons. The largest absolute Gasteiger partial charge is 0.507 e. The lowest BCUT2D eigenvalue weighted by molar-refractivity contribution is -0.140. The third-order valence-electron chi connectivity index (χ3n) is 8.82. The van der Waals surface area contributed by atoms with E-state index in [1.54, 1.807) is 12.3 Å². The fourth-order valence-corrected chi connectivity index (χ4v) is 7.48. The molecule has 0 unspecified atom stereocenters. The van der Waals surface area contributed by atoms with Crippen LogP contribution in [0.25, 0.3) is 22.4 Å². The molecular weight excluding hydrogens is 560 g/mol. The number of pyridine rings is 1. The highest BCUT2D eigenvalue weighted by Gasteiger charge is 2.54. The van der Waals surface area contributed by atoms with E-state index in [2.05, 4.69) is 4.98 Å². The van der Waals surface area contributed by atoms with Gasteiger partial charge in [-0.2, -0.15) is 0 Å². The van der Waals surface area contributed by atoms with E-state index < -0.39 is 23.9 Å². The number of hydrogen-bond donors (Lipinski definition) is 3. The molecule has 0 radical (unpaired) electrons. The van der Waals surface area contributed by atoms with Gasteiger partial charge in [0.2, 0.25) is 11.8 Å². The van der Waals surface area contributed by atoms with Gasteiger partial charge in [-0.15, -0.1) is 11.3 Å². The lowest BCUT2D eigenvalue weighted by Crippen LogP contribution is -2.38. The summed E-state index contributed by atoms with van der Waals surface area (Å²) in [6, 6.07) is 20.7. The van der Waals surface area contributed by atoms with Crippen molar-refractivity contribution in [3.63, 3.8) is 0 Å². The maximum Gasteiger partial charge on any atom is 0.234 e. The van der Waals surface area contributed by atoms with Crippen LogP contribution in [0.1, 0.15) is 42.3 Å². The van der Waals surface area contributed by atoms with Crippen molar-refractivity contribution in [1.82, 2.24) is 9.88 Å². The van der Waals surface area contributed by atoms with Crippen molar-refractivity contribution < 1.29 is 24.9 Å². The number of aliphatic hydroxyl groups is 2. The van der Waals surface area contributed by atoms with Gasteiger partial charge < -0.3 is 15.3 Å². The molecular formula is C35H34N2O5S. The van der Waals surface area contributed by atoms with Gasteiger partial charge in [-0.25, -0.2) is 0 Å². The molecule has 7 nitrogen and oxygen atoms in total. The monoisotopic (exact) mass is 594 g/mol. The Labute approximate surface area is 254 Å². The summed E-state index contributed by atoms with van der Waals surface area (Å²) in [4.78, 5) is 33.7. The standard InChI is InChI=1S/C35H34N2O5S/c1-21-17-27-33(35(42)37(34(27)41)19-24-7-6-16-43-24)28(20-38)32(21)31(40)14-12-23(29-10-4-5-15-36-29)18-22-11-13-30(39)26-9-3-2-8-25(22)26/h2-11,13,15-16,18,27-28,31,33,38-40H,12,14,17,19-20H2,1H3/b23-18-/t27-,28+,31-,33-/m1/s1. The lowest BCUT2D eigenvalue weighted by Gasteiger charge is -2.35. The van der Waals surface area contributed by atoms with Crippen molar-refractivity contribution >= 4 is 45.6 Å². The Bertz CT molecular complexity index is 1710. The van der Waals surface area contributed by atoms with Crippen LogP contribution in [0.4, 0.5) is 0 Å². The molecule has 2 amide bonds. The summed E-state index contributed by atoms with van der Waals surface area (Å²) >= 11 is 1.50. The highest BCUT2D eigenvalue weighted by Crippen LogP contribution is 2.46. The molecule has 0 spiro atoms. The number of rotatable bonds is 9. The second-order valence-corrected chi connectivity index (χ2v) is 12.4.